The van der Waals surface area contributed by atoms with E-state index in [1.165, 1.54) is 19.3 Å². The molecule has 0 aromatic carbocycles. The van der Waals surface area contributed by atoms with Crippen molar-refractivity contribution in [1.82, 2.24) is 0 Å². The minimum atomic E-state index is -1.05. The van der Waals surface area contributed by atoms with Crippen LogP contribution in [-0.2, 0) is 4.79 Å². The van der Waals surface area contributed by atoms with E-state index >= 15 is 0 Å². The molecule has 0 amide bonds. The molecule has 0 saturated heterocycles. The lowest BCUT2D eigenvalue weighted by molar-refractivity contribution is -0.142. The lowest BCUT2D eigenvalue weighted by Crippen LogP contribution is -2.27. The number of aliphatic carboxylic acids is 1. The maximum absolute atomic E-state index is 10.6. The van der Waals surface area contributed by atoms with Crippen molar-refractivity contribution < 1.29 is 15.0 Å². The van der Waals surface area contributed by atoms with E-state index in [2.05, 4.69) is 20.8 Å². The highest BCUT2D eigenvalue weighted by molar-refractivity contribution is 5.67. The molecular weight excluding hydrogens is 228 g/mol. The number of carboxylic acid groups (broad SMARTS) is 1. The summed E-state index contributed by atoms with van der Waals surface area (Å²) in [5.74, 6) is 0.517. The minimum absolute atomic E-state index is 0.158. The van der Waals surface area contributed by atoms with Crippen molar-refractivity contribution in [3.05, 3.63) is 0 Å². The van der Waals surface area contributed by atoms with E-state index in [1.807, 2.05) is 0 Å². The first-order valence-corrected chi connectivity index (χ1v) is 7.17. The third kappa shape index (κ3) is 10.6. The molecule has 0 aliphatic heterocycles. The second kappa shape index (κ2) is 8.52. The molecule has 0 aromatic rings. The Morgan fingerprint density at radius 3 is 2.17 bits per heavy atom. The smallest absolute Gasteiger partial charge is 0.306 e. The number of carbonyl (C=O) groups is 1. The molecule has 2 unspecified atom stereocenters. The monoisotopic (exact) mass is 258 g/mol. The maximum atomic E-state index is 10.6. The Kier molecular flexibility index (Phi) is 8.25. The summed E-state index contributed by atoms with van der Waals surface area (Å²) in [6.45, 7) is 8.35. The zero-order valence-electron chi connectivity index (χ0n) is 12.4. The first-order valence-electron chi connectivity index (χ1n) is 7.17. The molecule has 0 saturated carbocycles. The van der Waals surface area contributed by atoms with E-state index in [-0.39, 0.29) is 6.42 Å². The zero-order chi connectivity index (χ0) is 14.2. The van der Waals surface area contributed by atoms with Gasteiger partial charge in [0, 0.05) is 0 Å². The molecule has 2 atom stereocenters. The van der Waals surface area contributed by atoms with Gasteiger partial charge in [-0.3, -0.25) is 4.79 Å². The highest BCUT2D eigenvalue weighted by Gasteiger charge is 2.23. The fourth-order valence-corrected chi connectivity index (χ4v) is 2.26. The largest absolute Gasteiger partial charge is 0.481 e. The van der Waals surface area contributed by atoms with Crippen LogP contribution in [0, 0.1) is 11.8 Å². The van der Waals surface area contributed by atoms with Gasteiger partial charge < -0.3 is 10.2 Å². The number of carboxylic acids is 1. The molecule has 0 aliphatic carbocycles. The molecule has 0 aliphatic rings. The molecule has 0 fully saturated rings. The molecule has 18 heavy (non-hydrogen) atoms. The van der Waals surface area contributed by atoms with Crippen LogP contribution in [0.5, 0.6) is 0 Å². The van der Waals surface area contributed by atoms with Gasteiger partial charge in [-0.25, -0.2) is 0 Å². The van der Waals surface area contributed by atoms with Crippen molar-refractivity contribution >= 4 is 5.97 Å². The summed E-state index contributed by atoms with van der Waals surface area (Å²) in [4.78, 5) is 10.6. The number of hydrogen-bond donors (Lipinski definition) is 2. The summed E-state index contributed by atoms with van der Waals surface area (Å²) in [6.07, 6.45) is 6.18. The Labute approximate surface area is 112 Å². The molecule has 2 N–H and O–H groups in total. The molecule has 0 rings (SSSR count). The number of hydrogen-bond acceptors (Lipinski definition) is 2. The van der Waals surface area contributed by atoms with Crippen LogP contribution in [0.1, 0.15) is 72.6 Å². The molecule has 108 valence electrons. The Morgan fingerprint density at radius 1 is 1.11 bits per heavy atom. The Hall–Kier alpha value is -0.570. The normalized spacial score (nSPS) is 16.6. The van der Waals surface area contributed by atoms with E-state index in [4.69, 9.17) is 5.11 Å². The summed E-state index contributed by atoms with van der Waals surface area (Å²) in [7, 11) is 0. The Bertz CT molecular complexity index is 234. The molecule has 3 nitrogen and oxygen atoms in total. The van der Waals surface area contributed by atoms with Gasteiger partial charge in [0.05, 0.1) is 12.0 Å². The predicted octanol–water partition coefficient (Wildman–Crippen LogP) is 3.84. The first-order chi connectivity index (χ1) is 8.23. The van der Waals surface area contributed by atoms with E-state index in [0.29, 0.717) is 12.3 Å². The highest BCUT2D eigenvalue weighted by Crippen LogP contribution is 2.22. The van der Waals surface area contributed by atoms with Crippen LogP contribution >= 0.6 is 0 Å². The maximum Gasteiger partial charge on any atom is 0.306 e. The fraction of sp³-hybridized carbons (Fsp3) is 0.933. The van der Waals surface area contributed by atoms with Gasteiger partial charge in [-0.05, 0) is 25.2 Å². The average Bonchev–Trinajstić information content (AvgIpc) is 2.14. The lowest BCUT2D eigenvalue weighted by Gasteiger charge is -2.22. The average molecular weight is 258 g/mol. The first kappa shape index (κ1) is 17.4. The standard InChI is InChI=1S/C15H30O3/c1-12(2)7-5-8-13(3)9-6-10-15(4,18)11-14(16)17/h12-13,18H,5-11H2,1-4H3,(H,16,17). The van der Waals surface area contributed by atoms with E-state index < -0.39 is 11.6 Å². The van der Waals surface area contributed by atoms with Crippen molar-refractivity contribution in [2.24, 2.45) is 11.8 Å². The van der Waals surface area contributed by atoms with Gasteiger partial charge in [-0.15, -0.1) is 0 Å². The summed E-state index contributed by atoms with van der Waals surface area (Å²) in [5, 5.41) is 18.5. The van der Waals surface area contributed by atoms with Gasteiger partial charge in [0.15, 0.2) is 0 Å². The molecule has 0 aromatic heterocycles. The van der Waals surface area contributed by atoms with Crippen molar-refractivity contribution in [2.45, 2.75) is 78.2 Å². The fourth-order valence-electron chi connectivity index (χ4n) is 2.26. The molecule has 0 bridgehead atoms. The molecular formula is C15H30O3. The van der Waals surface area contributed by atoms with Crippen molar-refractivity contribution in [1.29, 1.82) is 0 Å². The van der Waals surface area contributed by atoms with Gasteiger partial charge in [-0.1, -0.05) is 52.9 Å². The third-order valence-corrected chi connectivity index (χ3v) is 3.42. The number of rotatable bonds is 10. The quantitative estimate of drug-likeness (QED) is 0.626. The third-order valence-electron chi connectivity index (χ3n) is 3.42. The van der Waals surface area contributed by atoms with Crippen LogP contribution in [0.3, 0.4) is 0 Å². The molecule has 3 heteroatoms. The summed E-state index contributed by atoms with van der Waals surface area (Å²) in [5.41, 5.74) is -1.05. The summed E-state index contributed by atoms with van der Waals surface area (Å²) < 4.78 is 0. The van der Waals surface area contributed by atoms with Crippen molar-refractivity contribution in [3.63, 3.8) is 0 Å². The van der Waals surface area contributed by atoms with Crippen LogP contribution < -0.4 is 0 Å². The Morgan fingerprint density at radius 2 is 1.67 bits per heavy atom. The molecule has 0 spiro atoms. The van der Waals surface area contributed by atoms with Crippen molar-refractivity contribution in [2.75, 3.05) is 0 Å². The van der Waals surface area contributed by atoms with Crippen LogP contribution in [-0.4, -0.2) is 21.8 Å². The Balaban J connectivity index is 3.66. The van der Waals surface area contributed by atoms with Crippen LogP contribution in [0.2, 0.25) is 0 Å². The van der Waals surface area contributed by atoms with Gasteiger partial charge in [0.2, 0.25) is 0 Å². The predicted molar refractivity (Wildman–Crippen MR) is 74.6 cm³/mol. The van der Waals surface area contributed by atoms with Crippen LogP contribution in [0.4, 0.5) is 0 Å². The highest BCUT2D eigenvalue weighted by atomic mass is 16.4. The van der Waals surface area contributed by atoms with Gasteiger partial charge in [0.25, 0.3) is 0 Å². The summed E-state index contributed by atoms with van der Waals surface area (Å²) >= 11 is 0. The van der Waals surface area contributed by atoms with Crippen molar-refractivity contribution in [3.8, 4) is 0 Å². The zero-order valence-corrected chi connectivity index (χ0v) is 12.4. The lowest BCUT2D eigenvalue weighted by atomic mass is 9.90. The van der Waals surface area contributed by atoms with Crippen LogP contribution in [0.15, 0.2) is 0 Å². The minimum Gasteiger partial charge on any atom is -0.481 e. The molecule has 0 radical (unpaired) electrons. The SMILES string of the molecule is CC(C)CCCC(C)CCCC(C)(O)CC(=O)O. The van der Waals surface area contributed by atoms with Gasteiger partial charge in [0.1, 0.15) is 0 Å². The van der Waals surface area contributed by atoms with E-state index in [9.17, 15) is 9.90 Å². The summed E-state index contributed by atoms with van der Waals surface area (Å²) in [6, 6.07) is 0. The van der Waals surface area contributed by atoms with Crippen LogP contribution in [0.25, 0.3) is 0 Å². The number of aliphatic hydroxyl groups is 1. The second-order valence-corrected chi connectivity index (χ2v) is 6.39. The van der Waals surface area contributed by atoms with E-state index in [1.54, 1.807) is 6.92 Å². The van der Waals surface area contributed by atoms with E-state index in [0.717, 1.165) is 18.8 Å². The second-order valence-electron chi connectivity index (χ2n) is 6.39. The van der Waals surface area contributed by atoms with Gasteiger partial charge >= 0.3 is 5.97 Å². The molecule has 0 heterocycles. The topological polar surface area (TPSA) is 57.5 Å². The van der Waals surface area contributed by atoms with Gasteiger partial charge in [-0.2, -0.15) is 0 Å².